The minimum absolute atomic E-state index is 0.164. The summed E-state index contributed by atoms with van der Waals surface area (Å²) >= 11 is 0. The van der Waals surface area contributed by atoms with E-state index in [1.807, 2.05) is 4.90 Å². The summed E-state index contributed by atoms with van der Waals surface area (Å²) in [6.07, 6.45) is -4.38. The normalized spacial score (nSPS) is 16.9. The van der Waals surface area contributed by atoms with Gasteiger partial charge in [-0.25, -0.2) is 9.97 Å². The topological polar surface area (TPSA) is 67.7 Å². The van der Waals surface area contributed by atoms with E-state index in [1.165, 1.54) is 20.3 Å². The highest BCUT2D eigenvalue weighted by molar-refractivity contribution is 5.93. The van der Waals surface area contributed by atoms with E-state index < -0.39 is 17.8 Å². The molecule has 9 heteroatoms. The molecule has 1 fully saturated rings. The van der Waals surface area contributed by atoms with Crippen LogP contribution in [0.2, 0.25) is 0 Å². The monoisotopic (exact) mass is 419 g/mol. The number of methoxy groups -OCH3 is 2. The second kappa shape index (κ2) is 7.64. The number of halogens is 3. The van der Waals surface area contributed by atoms with Crippen molar-refractivity contribution in [2.45, 2.75) is 18.7 Å². The molecule has 0 bridgehead atoms. The molecule has 0 aliphatic carbocycles. The number of benzene rings is 2. The molecular formula is C21H20F3N3O3. The number of aliphatic hydroxyl groups excluding tert-OH is 1. The average Bonchev–Trinajstić information content (AvgIpc) is 3.17. The molecule has 0 saturated carbocycles. The summed E-state index contributed by atoms with van der Waals surface area (Å²) in [6, 6.07) is 8.33. The predicted molar refractivity (Wildman–Crippen MR) is 106 cm³/mol. The van der Waals surface area contributed by atoms with Crippen molar-refractivity contribution in [3.8, 4) is 22.9 Å². The highest BCUT2D eigenvalue weighted by atomic mass is 19.4. The number of hydrogen-bond acceptors (Lipinski definition) is 6. The maximum Gasteiger partial charge on any atom is 0.416 e. The Kier molecular flexibility index (Phi) is 5.15. The van der Waals surface area contributed by atoms with Gasteiger partial charge in [-0.1, -0.05) is 12.1 Å². The lowest BCUT2D eigenvalue weighted by atomic mass is 10.1. The number of hydrogen-bond donors (Lipinski definition) is 1. The van der Waals surface area contributed by atoms with Crippen molar-refractivity contribution in [2.24, 2.45) is 0 Å². The summed E-state index contributed by atoms with van der Waals surface area (Å²) in [5.74, 6) is 1.63. The van der Waals surface area contributed by atoms with Gasteiger partial charge in [0.1, 0.15) is 5.82 Å². The molecule has 3 aromatic rings. The Bertz CT molecular complexity index is 1090. The smallest absolute Gasteiger partial charge is 0.416 e. The molecule has 1 aromatic heterocycles. The van der Waals surface area contributed by atoms with Crippen LogP contribution in [0.15, 0.2) is 36.4 Å². The summed E-state index contributed by atoms with van der Waals surface area (Å²) in [4.78, 5) is 11.0. The van der Waals surface area contributed by atoms with Gasteiger partial charge in [0, 0.05) is 30.1 Å². The van der Waals surface area contributed by atoms with Crippen LogP contribution in [0.3, 0.4) is 0 Å². The number of rotatable bonds is 4. The largest absolute Gasteiger partial charge is 0.493 e. The summed E-state index contributed by atoms with van der Waals surface area (Å²) in [5.41, 5.74) is -0.0110. The van der Waals surface area contributed by atoms with Gasteiger partial charge in [0.15, 0.2) is 17.3 Å². The number of alkyl halides is 3. The van der Waals surface area contributed by atoms with E-state index in [9.17, 15) is 18.3 Å². The van der Waals surface area contributed by atoms with Crippen molar-refractivity contribution in [1.82, 2.24) is 9.97 Å². The fourth-order valence-electron chi connectivity index (χ4n) is 3.58. The van der Waals surface area contributed by atoms with Crippen LogP contribution in [0.25, 0.3) is 22.3 Å². The molecule has 1 N–H and O–H groups in total. The van der Waals surface area contributed by atoms with Gasteiger partial charge in [0.05, 0.1) is 31.4 Å². The number of nitrogens with zero attached hydrogens (tertiary/aromatic N) is 3. The van der Waals surface area contributed by atoms with E-state index in [0.29, 0.717) is 47.7 Å². The highest BCUT2D eigenvalue weighted by Gasteiger charge is 2.31. The summed E-state index contributed by atoms with van der Waals surface area (Å²) in [6.45, 7) is 0.951. The van der Waals surface area contributed by atoms with E-state index in [0.717, 1.165) is 12.1 Å². The molecule has 0 radical (unpaired) electrons. The second-order valence-corrected chi connectivity index (χ2v) is 7.06. The number of fused-ring (bicyclic) bond motifs is 1. The predicted octanol–water partition coefficient (Wildman–Crippen LogP) is 3.90. The fourth-order valence-corrected chi connectivity index (χ4v) is 3.58. The minimum Gasteiger partial charge on any atom is -0.493 e. The van der Waals surface area contributed by atoms with Gasteiger partial charge >= 0.3 is 6.18 Å². The van der Waals surface area contributed by atoms with Crippen LogP contribution in [-0.2, 0) is 6.18 Å². The van der Waals surface area contributed by atoms with Gasteiger partial charge in [-0.05, 0) is 24.6 Å². The standard InChI is InChI=1S/C21H20F3N3O3/c1-29-17-9-15-16(10-18(17)30-2)25-19(26-20(15)27-7-6-14(28)11-27)12-4-3-5-13(8-12)21(22,23)24/h3-5,8-10,14,28H,6-7,11H2,1-2H3. The van der Waals surface area contributed by atoms with Crippen LogP contribution >= 0.6 is 0 Å². The Labute approximate surface area is 170 Å². The van der Waals surface area contributed by atoms with Gasteiger partial charge in [-0.15, -0.1) is 0 Å². The molecule has 1 aliphatic heterocycles. The molecule has 4 rings (SSSR count). The molecule has 6 nitrogen and oxygen atoms in total. The highest BCUT2D eigenvalue weighted by Crippen LogP contribution is 2.38. The van der Waals surface area contributed by atoms with Crippen molar-refractivity contribution < 1.29 is 27.8 Å². The average molecular weight is 419 g/mol. The molecule has 1 atom stereocenters. The van der Waals surface area contributed by atoms with Gasteiger partial charge in [-0.3, -0.25) is 0 Å². The lowest BCUT2D eigenvalue weighted by molar-refractivity contribution is -0.137. The number of ether oxygens (including phenoxy) is 2. The Morgan fingerprint density at radius 3 is 2.43 bits per heavy atom. The van der Waals surface area contributed by atoms with Crippen LogP contribution < -0.4 is 14.4 Å². The third kappa shape index (κ3) is 3.72. The van der Waals surface area contributed by atoms with Crippen LogP contribution in [0, 0.1) is 0 Å². The molecular weight excluding hydrogens is 399 g/mol. The molecule has 2 aromatic carbocycles. The molecule has 1 saturated heterocycles. The van der Waals surface area contributed by atoms with Crippen molar-refractivity contribution in [3.63, 3.8) is 0 Å². The lowest BCUT2D eigenvalue weighted by Gasteiger charge is -2.20. The number of β-amino-alcohol motifs (C(OH)–C–C–N with tert-alkyl or cyclic N) is 1. The molecule has 1 unspecified atom stereocenters. The van der Waals surface area contributed by atoms with Crippen molar-refractivity contribution in [1.29, 1.82) is 0 Å². The van der Waals surface area contributed by atoms with Crippen LogP contribution in [0.5, 0.6) is 11.5 Å². The van der Waals surface area contributed by atoms with Gasteiger partial charge in [-0.2, -0.15) is 13.2 Å². The third-order valence-corrected chi connectivity index (χ3v) is 5.09. The fraction of sp³-hybridized carbons (Fsp3) is 0.333. The first-order valence-electron chi connectivity index (χ1n) is 9.34. The van der Waals surface area contributed by atoms with Gasteiger partial charge in [0.2, 0.25) is 0 Å². The van der Waals surface area contributed by atoms with E-state index >= 15 is 0 Å². The van der Waals surface area contributed by atoms with Crippen LogP contribution in [-0.4, -0.2) is 48.5 Å². The summed E-state index contributed by atoms with van der Waals surface area (Å²) in [5, 5.41) is 10.6. The summed E-state index contributed by atoms with van der Waals surface area (Å²) in [7, 11) is 3.01. The first-order valence-corrected chi connectivity index (χ1v) is 9.34. The Hall–Kier alpha value is -3.07. The van der Waals surface area contributed by atoms with Crippen molar-refractivity contribution in [2.75, 3.05) is 32.2 Å². The maximum absolute atomic E-state index is 13.2. The first kappa shape index (κ1) is 20.2. The molecule has 158 valence electrons. The lowest BCUT2D eigenvalue weighted by Crippen LogP contribution is -2.23. The molecule has 1 aliphatic rings. The molecule has 0 spiro atoms. The van der Waals surface area contributed by atoms with Gasteiger partial charge in [0.25, 0.3) is 0 Å². The number of aliphatic hydroxyl groups is 1. The molecule has 0 amide bonds. The zero-order valence-corrected chi connectivity index (χ0v) is 16.4. The van der Waals surface area contributed by atoms with Crippen LogP contribution in [0.1, 0.15) is 12.0 Å². The quantitative estimate of drug-likeness (QED) is 0.692. The first-order chi connectivity index (χ1) is 14.3. The SMILES string of the molecule is COc1cc2nc(-c3cccc(C(F)(F)F)c3)nc(N3CCC(O)C3)c2cc1OC. The Morgan fingerprint density at radius 1 is 1.07 bits per heavy atom. The second-order valence-electron chi connectivity index (χ2n) is 7.06. The number of aromatic nitrogens is 2. The zero-order chi connectivity index (χ0) is 21.5. The maximum atomic E-state index is 13.2. The van der Waals surface area contributed by atoms with Crippen LogP contribution in [0.4, 0.5) is 19.0 Å². The molecule has 2 heterocycles. The third-order valence-electron chi connectivity index (χ3n) is 5.09. The number of anilines is 1. The van der Waals surface area contributed by atoms with Crippen molar-refractivity contribution >= 4 is 16.7 Å². The van der Waals surface area contributed by atoms with E-state index in [4.69, 9.17) is 9.47 Å². The van der Waals surface area contributed by atoms with E-state index in [-0.39, 0.29) is 11.4 Å². The van der Waals surface area contributed by atoms with Crippen molar-refractivity contribution in [3.05, 3.63) is 42.0 Å². The van der Waals surface area contributed by atoms with E-state index in [1.54, 1.807) is 18.2 Å². The molecule has 30 heavy (non-hydrogen) atoms. The minimum atomic E-state index is -4.47. The summed E-state index contributed by atoms with van der Waals surface area (Å²) < 4.78 is 50.3. The van der Waals surface area contributed by atoms with E-state index in [2.05, 4.69) is 9.97 Å². The zero-order valence-electron chi connectivity index (χ0n) is 16.4. The van der Waals surface area contributed by atoms with Gasteiger partial charge < -0.3 is 19.5 Å². The Morgan fingerprint density at radius 2 is 1.80 bits per heavy atom. The Balaban J connectivity index is 1.93.